The summed E-state index contributed by atoms with van der Waals surface area (Å²) < 4.78 is 6.02. The van der Waals surface area contributed by atoms with Crippen LogP contribution in [-0.2, 0) is 13.0 Å². The van der Waals surface area contributed by atoms with E-state index in [-0.39, 0.29) is 0 Å². The fourth-order valence-electron chi connectivity index (χ4n) is 2.12. The molecule has 1 N–H and O–H groups in total. The Balaban J connectivity index is 2.04. The number of benzene rings is 2. The second-order valence-electron chi connectivity index (χ2n) is 4.24. The maximum absolute atomic E-state index is 6.02. The minimum absolute atomic E-state index is 0.865. The highest BCUT2D eigenvalue weighted by atomic mass is 16.5. The van der Waals surface area contributed by atoms with Crippen molar-refractivity contribution < 1.29 is 4.74 Å². The molecule has 0 spiro atoms. The Hall–Kier alpha value is -1.80. The lowest BCUT2D eigenvalue weighted by Crippen LogP contribution is -2.15. The summed E-state index contributed by atoms with van der Waals surface area (Å²) in [4.78, 5) is 0. The van der Waals surface area contributed by atoms with Gasteiger partial charge in [-0.15, -0.1) is 0 Å². The van der Waals surface area contributed by atoms with E-state index in [0.29, 0.717) is 0 Å². The van der Waals surface area contributed by atoms with Crippen LogP contribution in [-0.4, -0.2) is 6.54 Å². The number of ether oxygens (including phenoxy) is 1. The Labute approximate surface area is 101 Å². The molecule has 0 atom stereocenters. The van der Waals surface area contributed by atoms with Gasteiger partial charge in [0.1, 0.15) is 11.5 Å². The number of hydrogen-bond acceptors (Lipinski definition) is 2. The molecule has 86 valence electrons. The molecule has 0 saturated carbocycles. The summed E-state index contributed by atoms with van der Waals surface area (Å²) in [7, 11) is 0. The van der Waals surface area contributed by atoms with Gasteiger partial charge in [0.15, 0.2) is 0 Å². The van der Waals surface area contributed by atoms with E-state index < -0.39 is 0 Å². The standard InChI is InChI=1S/C15H15NO/c1-3-7-14-12(5-1)9-10-16-11-13-6-2-4-8-15(13)17-14/h1-8,16H,9-11H2. The largest absolute Gasteiger partial charge is 0.457 e. The molecule has 1 heterocycles. The number of nitrogens with one attached hydrogen (secondary N) is 1. The van der Waals surface area contributed by atoms with Gasteiger partial charge in [0.2, 0.25) is 0 Å². The van der Waals surface area contributed by atoms with E-state index in [2.05, 4.69) is 23.5 Å². The van der Waals surface area contributed by atoms with Gasteiger partial charge >= 0.3 is 0 Å². The number of fused-ring (bicyclic) bond motifs is 2. The van der Waals surface area contributed by atoms with Crippen LogP contribution in [0.5, 0.6) is 11.5 Å². The summed E-state index contributed by atoms with van der Waals surface area (Å²) in [5.41, 5.74) is 2.47. The van der Waals surface area contributed by atoms with Crippen molar-refractivity contribution in [2.24, 2.45) is 0 Å². The number of hydrogen-bond donors (Lipinski definition) is 1. The maximum Gasteiger partial charge on any atom is 0.131 e. The third kappa shape index (κ3) is 2.17. The SMILES string of the molecule is c1ccc2c(c1)CCNCc1ccccc1O2. The summed E-state index contributed by atoms with van der Waals surface area (Å²) in [6.07, 6.45) is 1.00. The third-order valence-corrected chi connectivity index (χ3v) is 3.05. The average molecular weight is 225 g/mol. The molecule has 0 aliphatic carbocycles. The molecule has 0 unspecified atom stereocenters. The van der Waals surface area contributed by atoms with Gasteiger partial charge in [0, 0.05) is 12.1 Å². The number of para-hydroxylation sites is 2. The van der Waals surface area contributed by atoms with E-state index in [1.165, 1.54) is 11.1 Å². The highest BCUT2D eigenvalue weighted by Crippen LogP contribution is 2.29. The summed E-state index contributed by atoms with van der Waals surface area (Å²) in [5, 5.41) is 3.44. The smallest absolute Gasteiger partial charge is 0.131 e. The van der Waals surface area contributed by atoms with Crippen LogP contribution in [0.4, 0.5) is 0 Å². The predicted octanol–water partition coefficient (Wildman–Crippen LogP) is 3.12. The minimum atomic E-state index is 0.865. The Bertz CT molecular complexity index is 474. The van der Waals surface area contributed by atoms with Crippen molar-refractivity contribution in [2.45, 2.75) is 13.0 Å². The third-order valence-electron chi connectivity index (χ3n) is 3.05. The quantitative estimate of drug-likeness (QED) is 0.743. The first-order chi connectivity index (χ1) is 8.43. The van der Waals surface area contributed by atoms with Crippen molar-refractivity contribution in [1.29, 1.82) is 0 Å². The lowest BCUT2D eigenvalue weighted by atomic mass is 10.1. The average Bonchev–Trinajstić information content (AvgIpc) is 2.46. The molecule has 1 aliphatic rings. The van der Waals surface area contributed by atoms with Crippen molar-refractivity contribution in [2.75, 3.05) is 6.54 Å². The molecule has 17 heavy (non-hydrogen) atoms. The summed E-state index contributed by atoms with van der Waals surface area (Å²) >= 11 is 0. The van der Waals surface area contributed by atoms with Crippen LogP contribution in [0.25, 0.3) is 0 Å². The van der Waals surface area contributed by atoms with E-state index in [1.807, 2.05) is 30.3 Å². The van der Waals surface area contributed by atoms with Crippen molar-refractivity contribution in [1.82, 2.24) is 5.32 Å². The van der Waals surface area contributed by atoms with Crippen LogP contribution in [0.2, 0.25) is 0 Å². The summed E-state index contributed by atoms with van der Waals surface area (Å²) in [6, 6.07) is 16.4. The molecule has 0 bridgehead atoms. The van der Waals surface area contributed by atoms with Gasteiger partial charge in [-0.1, -0.05) is 36.4 Å². The first-order valence-electron chi connectivity index (χ1n) is 5.98. The Morgan fingerprint density at radius 3 is 2.29 bits per heavy atom. The van der Waals surface area contributed by atoms with Gasteiger partial charge < -0.3 is 10.1 Å². The maximum atomic E-state index is 6.02. The lowest BCUT2D eigenvalue weighted by Gasteiger charge is -2.11. The molecule has 0 fully saturated rings. The molecule has 0 saturated heterocycles. The Morgan fingerprint density at radius 1 is 0.824 bits per heavy atom. The van der Waals surface area contributed by atoms with Crippen molar-refractivity contribution >= 4 is 0 Å². The zero-order valence-corrected chi connectivity index (χ0v) is 9.65. The Morgan fingerprint density at radius 2 is 1.47 bits per heavy atom. The fourth-order valence-corrected chi connectivity index (χ4v) is 2.12. The highest BCUT2D eigenvalue weighted by Gasteiger charge is 2.10. The van der Waals surface area contributed by atoms with Gasteiger partial charge in [-0.3, -0.25) is 0 Å². The molecule has 2 heteroatoms. The van der Waals surface area contributed by atoms with Gasteiger partial charge in [-0.2, -0.15) is 0 Å². The zero-order chi connectivity index (χ0) is 11.5. The molecule has 3 rings (SSSR count). The Kier molecular flexibility index (Phi) is 2.80. The van der Waals surface area contributed by atoms with Crippen LogP contribution in [0.3, 0.4) is 0 Å². The molecule has 2 aromatic carbocycles. The van der Waals surface area contributed by atoms with Crippen molar-refractivity contribution in [3.63, 3.8) is 0 Å². The van der Waals surface area contributed by atoms with Crippen LogP contribution in [0.15, 0.2) is 48.5 Å². The first kappa shape index (κ1) is 10.4. The van der Waals surface area contributed by atoms with Crippen LogP contribution in [0, 0.1) is 0 Å². The van der Waals surface area contributed by atoms with Gasteiger partial charge in [-0.05, 0) is 30.7 Å². The van der Waals surface area contributed by atoms with E-state index in [4.69, 9.17) is 4.74 Å². The van der Waals surface area contributed by atoms with E-state index in [0.717, 1.165) is 31.0 Å². The van der Waals surface area contributed by atoms with Crippen LogP contribution in [0.1, 0.15) is 11.1 Å². The molecule has 1 aliphatic heterocycles. The molecule has 0 radical (unpaired) electrons. The van der Waals surface area contributed by atoms with Crippen LogP contribution < -0.4 is 10.1 Å². The normalized spacial score (nSPS) is 14.6. The second kappa shape index (κ2) is 4.60. The monoisotopic (exact) mass is 225 g/mol. The van der Waals surface area contributed by atoms with Crippen LogP contribution >= 0.6 is 0 Å². The minimum Gasteiger partial charge on any atom is -0.457 e. The van der Waals surface area contributed by atoms with E-state index >= 15 is 0 Å². The highest BCUT2D eigenvalue weighted by molar-refractivity contribution is 5.42. The van der Waals surface area contributed by atoms with E-state index in [9.17, 15) is 0 Å². The fraction of sp³-hybridized carbons (Fsp3) is 0.200. The van der Waals surface area contributed by atoms with Gasteiger partial charge in [0.05, 0.1) is 0 Å². The summed E-state index contributed by atoms with van der Waals surface area (Å²) in [6.45, 7) is 1.85. The van der Waals surface area contributed by atoms with E-state index in [1.54, 1.807) is 0 Å². The van der Waals surface area contributed by atoms with Gasteiger partial charge in [0.25, 0.3) is 0 Å². The summed E-state index contributed by atoms with van der Waals surface area (Å²) in [5.74, 6) is 1.93. The zero-order valence-electron chi connectivity index (χ0n) is 9.65. The predicted molar refractivity (Wildman–Crippen MR) is 68.4 cm³/mol. The topological polar surface area (TPSA) is 21.3 Å². The second-order valence-corrected chi connectivity index (χ2v) is 4.24. The first-order valence-corrected chi connectivity index (χ1v) is 5.98. The van der Waals surface area contributed by atoms with Crippen molar-refractivity contribution in [3.8, 4) is 11.5 Å². The lowest BCUT2D eigenvalue weighted by molar-refractivity contribution is 0.472. The molecule has 2 nitrogen and oxygen atoms in total. The van der Waals surface area contributed by atoms with Crippen molar-refractivity contribution in [3.05, 3.63) is 59.7 Å². The number of rotatable bonds is 0. The molecule has 0 aromatic heterocycles. The molecular formula is C15H15NO. The van der Waals surface area contributed by atoms with Gasteiger partial charge in [-0.25, -0.2) is 0 Å². The molecule has 2 aromatic rings. The molecule has 0 amide bonds. The molecular weight excluding hydrogens is 210 g/mol.